The third-order valence-electron chi connectivity index (χ3n) is 6.47. The number of nitrogens with zero attached hydrogens (tertiary/aromatic N) is 3. The maximum Gasteiger partial charge on any atom is 0.137 e. The summed E-state index contributed by atoms with van der Waals surface area (Å²) in [6, 6.07) is 16.6. The van der Waals surface area contributed by atoms with Crippen molar-refractivity contribution in [1.29, 1.82) is 0 Å². The minimum absolute atomic E-state index is 0.694. The zero-order valence-corrected chi connectivity index (χ0v) is 18.5. The molecule has 0 bridgehead atoms. The predicted octanol–water partition coefficient (Wildman–Crippen LogP) is 6.18. The topological polar surface area (TPSA) is 59.9 Å². The van der Waals surface area contributed by atoms with E-state index in [0.717, 1.165) is 54.0 Å². The molecule has 2 heterocycles. The third-order valence-corrected chi connectivity index (χ3v) is 6.47. The van der Waals surface area contributed by atoms with Crippen molar-refractivity contribution in [3.8, 4) is 5.75 Å². The van der Waals surface area contributed by atoms with Crippen molar-refractivity contribution in [3.05, 3.63) is 66.6 Å². The molecular formula is C27H30N4O. The summed E-state index contributed by atoms with van der Waals surface area (Å²) in [5.74, 6) is 2.48. The van der Waals surface area contributed by atoms with Crippen molar-refractivity contribution in [2.75, 3.05) is 18.5 Å². The average molecular weight is 427 g/mol. The number of hydrogen-bond acceptors (Lipinski definition) is 5. The number of aryl methyl sites for hydroxylation is 1. The lowest BCUT2D eigenvalue weighted by atomic mass is 9.90. The van der Waals surface area contributed by atoms with Crippen LogP contribution >= 0.6 is 0 Å². The van der Waals surface area contributed by atoms with E-state index in [9.17, 15) is 0 Å². The Balaban J connectivity index is 1.19. The maximum absolute atomic E-state index is 6.09. The molecule has 1 aliphatic carbocycles. The van der Waals surface area contributed by atoms with Crippen LogP contribution in [0.5, 0.6) is 5.75 Å². The summed E-state index contributed by atoms with van der Waals surface area (Å²) < 4.78 is 6.09. The summed E-state index contributed by atoms with van der Waals surface area (Å²) in [6.07, 6.45) is 12.2. The summed E-state index contributed by atoms with van der Waals surface area (Å²) >= 11 is 0. The second-order valence-electron chi connectivity index (χ2n) is 8.73. The van der Waals surface area contributed by atoms with Gasteiger partial charge in [-0.1, -0.05) is 37.5 Å². The monoisotopic (exact) mass is 426 g/mol. The number of pyridine rings is 1. The van der Waals surface area contributed by atoms with Gasteiger partial charge in [0.05, 0.1) is 17.6 Å². The number of ether oxygens (including phenoxy) is 1. The zero-order valence-electron chi connectivity index (χ0n) is 18.5. The smallest absolute Gasteiger partial charge is 0.137 e. The van der Waals surface area contributed by atoms with Crippen molar-refractivity contribution < 1.29 is 4.74 Å². The van der Waals surface area contributed by atoms with Gasteiger partial charge in [-0.2, -0.15) is 0 Å². The first-order valence-corrected chi connectivity index (χ1v) is 11.8. The van der Waals surface area contributed by atoms with Crippen LogP contribution in [-0.4, -0.2) is 28.1 Å². The van der Waals surface area contributed by atoms with E-state index in [2.05, 4.69) is 50.6 Å². The van der Waals surface area contributed by atoms with Crippen molar-refractivity contribution in [2.45, 2.75) is 44.9 Å². The van der Waals surface area contributed by atoms with Crippen LogP contribution in [0.3, 0.4) is 0 Å². The Labute approximate surface area is 189 Å². The van der Waals surface area contributed by atoms with Crippen LogP contribution in [0, 0.1) is 5.92 Å². The van der Waals surface area contributed by atoms with E-state index in [1.54, 1.807) is 6.33 Å². The minimum atomic E-state index is 0.694. The fourth-order valence-electron chi connectivity index (χ4n) is 4.69. The summed E-state index contributed by atoms with van der Waals surface area (Å²) in [6.45, 7) is 1.66. The fourth-order valence-corrected chi connectivity index (χ4v) is 4.69. The van der Waals surface area contributed by atoms with E-state index < -0.39 is 0 Å². The van der Waals surface area contributed by atoms with Gasteiger partial charge in [-0.3, -0.25) is 4.98 Å². The van der Waals surface area contributed by atoms with Crippen LogP contribution in [-0.2, 0) is 6.42 Å². The number of hydrogen-bond donors (Lipinski definition) is 1. The Morgan fingerprint density at radius 2 is 1.78 bits per heavy atom. The molecule has 1 fully saturated rings. The van der Waals surface area contributed by atoms with Gasteiger partial charge >= 0.3 is 0 Å². The molecule has 164 valence electrons. The quantitative estimate of drug-likeness (QED) is 0.341. The van der Waals surface area contributed by atoms with Crippen molar-refractivity contribution in [2.24, 2.45) is 5.92 Å². The molecule has 0 amide bonds. The summed E-state index contributed by atoms with van der Waals surface area (Å²) in [5, 5.41) is 5.77. The largest absolute Gasteiger partial charge is 0.493 e. The van der Waals surface area contributed by atoms with Gasteiger partial charge in [-0.25, -0.2) is 9.97 Å². The average Bonchev–Trinajstić information content (AvgIpc) is 2.86. The standard InChI is InChI=1S/C27H30N4O/c1-2-7-20(8-3-1)18-32-22-12-13-24-26(17-22)30-19-31-27(24)29-15-6-9-21-14-16-28-25-11-5-4-10-23(21)25/h4-5,10-14,16-17,19-20H,1-3,6-9,15,18H2,(H,29,30,31). The first-order valence-electron chi connectivity index (χ1n) is 11.8. The molecule has 4 aromatic rings. The molecule has 32 heavy (non-hydrogen) atoms. The van der Waals surface area contributed by atoms with E-state index in [1.165, 1.54) is 43.1 Å². The van der Waals surface area contributed by atoms with Gasteiger partial charge in [0.1, 0.15) is 17.9 Å². The molecule has 0 unspecified atom stereocenters. The number of benzene rings is 2. The van der Waals surface area contributed by atoms with Gasteiger partial charge in [0.25, 0.3) is 0 Å². The number of nitrogens with one attached hydrogen (secondary N) is 1. The molecule has 1 saturated carbocycles. The number of aromatic nitrogens is 3. The van der Waals surface area contributed by atoms with Crippen LogP contribution in [0.4, 0.5) is 5.82 Å². The summed E-state index contributed by atoms with van der Waals surface area (Å²) in [7, 11) is 0. The van der Waals surface area contributed by atoms with Crippen LogP contribution in [0.25, 0.3) is 21.8 Å². The molecule has 5 rings (SSSR count). The third kappa shape index (κ3) is 4.82. The molecule has 0 saturated heterocycles. The first-order chi connectivity index (χ1) is 15.9. The molecule has 0 spiro atoms. The molecule has 0 radical (unpaired) electrons. The second kappa shape index (κ2) is 9.94. The maximum atomic E-state index is 6.09. The Morgan fingerprint density at radius 3 is 2.72 bits per heavy atom. The molecule has 5 heteroatoms. The van der Waals surface area contributed by atoms with Crippen LogP contribution < -0.4 is 10.1 Å². The zero-order chi connectivity index (χ0) is 21.6. The lowest BCUT2D eigenvalue weighted by Crippen LogP contribution is -2.15. The van der Waals surface area contributed by atoms with E-state index in [4.69, 9.17) is 4.74 Å². The van der Waals surface area contributed by atoms with Crippen LogP contribution in [0.15, 0.2) is 61.1 Å². The number of para-hydroxylation sites is 1. The Morgan fingerprint density at radius 1 is 0.875 bits per heavy atom. The number of rotatable bonds is 8. The van der Waals surface area contributed by atoms with E-state index in [0.29, 0.717) is 5.92 Å². The first kappa shape index (κ1) is 20.7. The van der Waals surface area contributed by atoms with Gasteiger partial charge in [0.2, 0.25) is 0 Å². The lowest BCUT2D eigenvalue weighted by molar-refractivity contribution is 0.209. The minimum Gasteiger partial charge on any atom is -0.493 e. The summed E-state index contributed by atoms with van der Waals surface area (Å²) in [5.41, 5.74) is 3.31. The molecule has 0 atom stereocenters. The van der Waals surface area contributed by atoms with E-state index in [-0.39, 0.29) is 0 Å². The van der Waals surface area contributed by atoms with Crippen molar-refractivity contribution in [3.63, 3.8) is 0 Å². The number of fused-ring (bicyclic) bond motifs is 2. The Bertz CT molecular complexity index is 1180. The molecule has 2 aromatic carbocycles. The highest BCUT2D eigenvalue weighted by atomic mass is 16.5. The second-order valence-corrected chi connectivity index (χ2v) is 8.73. The predicted molar refractivity (Wildman–Crippen MR) is 130 cm³/mol. The van der Waals surface area contributed by atoms with Crippen LogP contribution in [0.2, 0.25) is 0 Å². The van der Waals surface area contributed by atoms with E-state index >= 15 is 0 Å². The molecule has 2 aromatic heterocycles. The Hall–Kier alpha value is -3.21. The van der Waals surface area contributed by atoms with Gasteiger partial charge < -0.3 is 10.1 Å². The van der Waals surface area contributed by atoms with Gasteiger partial charge in [0.15, 0.2) is 0 Å². The molecular weight excluding hydrogens is 396 g/mol. The highest BCUT2D eigenvalue weighted by molar-refractivity contribution is 5.89. The SMILES string of the molecule is c1ccc2c(CCCNc3ncnc4cc(OCC5CCCCC5)ccc34)ccnc2c1. The Kier molecular flexibility index (Phi) is 6.42. The van der Waals surface area contributed by atoms with Gasteiger partial charge in [0, 0.05) is 29.6 Å². The van der Waals surface area contributed by atoms with Crippen LogP contribution in [0.1, 0.15) is 44.1 Å². The highest BCUT2D eigenvalue weighted by Crippen LogP contribution is 2.27. The van der Waals surface area contributed by atoms with E-state index in [1.807, 2.05) is 24.4 Å². The fraction of sp³-hybridized carbons (Fsp3) is 0.370. The molecule has 0 aliphatic heterocycles. The number of anilines is 1. The van der Waals surface area contributed by atoms with Gasteiger partial charge in [-0.15, -0.1) is 0 Å². The molecule has 1 aliphatic rings. The van der Waals surface area contributed by atoms with Crippen molar-refractivity contribution in [1.82, 2.24) is 15.0 Å². The summed E-state index contributed by atoms with van der Waals surface area (Å²) in [4.78, 5) is 13.4. The molecule has 5 nitrogen and oxygen atoms in total. The lowest BCUT2D eigenvalue weighted by Gasteiger charge is -2.21. The highest BCUT2D eigenvalue weighted by Gasteiger charge is 2.14. The van der Waals surface area contributed by atoms with Gasteiger partial charge in [-0.05, 0) is 61.4 Å². The normalized spacial score (nSPS) is 14.6. The van der Waals surface area contributed by atoms with Crippen molar-refractivity contribution >= 4 is 27.6 Å². The molecule has 1 N–H and O–H groups in total.